The molecule has 0 aliphatic heterocycles. The van der Waals surface area contributed by atoms with Crippen molar-refractivity contribution in [2.45, 2.75) is 138 Å². The molecule has 0 saturated carbocycles. The summed E-state index contributed by atoms with van der Waals surface area (Å²) in [6.07, 6.45) is 12.4. The Balaban J connectivity index is 5.55. The summed E-state index contributed by atoms with van der Waals surface area (Å²) in [5.74, 6) is -2.24. The molecule has 7 heteroatoms. The summed E-state index contributed by atoms with van der Waals surface area (Å²) < 4.78 is 16.6. The highest BCUT2D eigenvalue weighted by Gasteiger charge is 2.40. The summed E-state index contributed by atoms with van der Waals surface area (Å²) in [7, 11) is -1.62. The minimum absolute atomic E-state index is 0.289. The van der Waals surface area contributed by atoms with Crippen LogP contribution in [0.2, 0.25) is 0 Å². The molecule has 0 spiro atoms. The van der Waals surface area contributed by atoms with Gasteiger partial charge in [-0.3, -0.25) is 14.4 Å². The molecule has 0 N–H and O–H groups in total. The van der Waals surface area contributed by atoms with E-state index >= 15 is 0 Å². The summed E-state index contributed by atoms with van der Waals surface area (Å²) >= 11 is 0. The zero-order valence-corrected chi connectivity index (χ0v) is 22.9. The summed E-state index contributed by atoms with van der Waals surface area (Å²) in [6.45, 7) is 12.3. The van der Waals surface area contributed by atoms with Crippen LogP contribution < -0.4 is 0 Å². The molecule has 34 heavy (non-hydrogen) atoms. The monoisotopic (exact) mass is 482 g/mol. The molecule has 0 bridgehead atoms. The molecule has 0 rings (SSSR count). The van der Waals surface area contributed by atoms with Crippen molar-refractivity contribution in [2.75, 3.05) is 0 Å². The number of rotatable bonds is 21. The lowest BCUT2D eigenvalue weighted by Crippen LogP contribution is -2.39. The van der Waals surface area contributed by atoms with Crippen molar-refractivity contribution in [1.82, 2.24) is 0 Å². The summed E-state index contributed by atoms with van der Waals surface area (Å²) in [6, 6.07) is 0. The number of hydrogen-bond acceptors (Lipinski definition) is 6. The Kier molecular flexibility index (Phi) is 19.9. The van der Waals surface area contributed by atoms with Gasteiger partial charge < -0.3 is 14.0 Å². The van der Waals surface area contributed by atoms with E-state index in [1.165, 1.54) is 0 Å². The van der Waals surface area contributed by atoms with Gasteiger partial charge in [-0.2, -0.15) is 0 Å². The van der Waals surface area contributed by atoms with Crippen LogP contribution >= 0.6 is 0 Å². The van der Waals surface area contributed by atoms with Crippen molar-refractivity contribution in [3.05, 3.63) is 0 Å². The van der Waals surface area contributed by atoms with E-state index in [0.29, 0.717) is 38.5 Å². The molecule has 0 aromatic carbocycles. The van der Waals surface area contributed by atoms with Gasteiger partial charge in [0.1, 0.15) is 0 Å². The van der Waals surface area contributed by atoms with Crippen molar-refractivity contribution in [1.29, 1.82) is 0 Å². The predicted octanol–water partition coefficient (Wildman–Crippen LogP) is 7.42. The molecule has 198 valence electrons. The molecular weight excluding hydrogens is 431 g/mol. The Morgan fingerprint density at radius 1 is 0.471 bits per heavy atom. The molecular formula is C27H51BO6. The maximum absolute atomic E-state index is 12.9. The van der Waals surface area contributed by atoms with Gasteiger partial charge in [-0.15, -0.1) is 0 Å². The summed E-state index contributed by atoms with van der Waals surface area (Å²) in [4.78, 5) is 38.8. The van der Waals surface area contributed by atoms with Gasteiger partial charge in [0.05, 0.1) is 17.8 Å². The molecule has 0 saturated heterocycles. The van der Waals surface area contributed by atoms with E-state index in [2.05, 4.69) is 20.8 Å². The van der Waals surface area contributed by atoms with E-state index in [9.17, 15) is 14.4 Å². The highest BCUT2D eigenvalue weighted by molar-refractivity contribution is 6.44. The average Bonchev–Trinajstić information content (AvgIpc) is 2.81. The Morgan fingerprint density at radius 2 is 0.735 bits per heavy atom. The second-order valence-electron chi connectivity index (χ2n) is 9.48. The zero-order chi connectivity index (χ0) is 25.8. The van der Waals surface area contributed by atoms with Crippen LogP contribution in [0, 0.1) is 17.8 Å². The second-order valence-corrected chi connectivity index (χ2v) is 9.48. The van der Waals surface area contributed by atoms with Crippen LogP contribution in [0.25, 0.3) is 0 Å². The largest absolute Gasteiger partial charge is 0.870 e. The SMILES string of the molecule is CCCCC(CCC)C(=O)OB(OC(=O)C(CCC)CCCC)OC(=O)C(CCC)CCCC. The van der Waals surface area contributed by atoms with Crippen molar-refractivity contribution in [3.63, 3.8) is 0 Å². The van der Waals surface area contributed by atoms with Crippen molar-refractivity contribution >= 4 is 25.2 Å². The Bertz CT molecular complexity index is 477. The zero-order valence-electron chi connectivity index (χ0n) is 22.9. The number of unbranched alkanes of at least 4 members (excludes halogenated alkanes) is 3. The van der Waals surface area contributed by atoms with Crippen LogP contribution in [0.1, 0.15) is 138 Å². The Hall–Kier alpha value is -1.53. The van der Waals surface area contributed by atoms with E-state index in [-0.39, 0.29) is 17.8 Å². The van der Waals surface area contributed by atoms with E-state index < -0.39 is 25.2 Å². The third-order valence-electron chi connectivity index (χ3n) is 6.27. The third kappa shape index (κ3) is 14.0. The molecule has 0 aliphatic carbocycles. The summed E-state index contributed by atoms with van der Waals surface area (Å²) in [5, 5.41) is 0. The maximum atomic E-state index is 12.9. The molecule has 3 atom stereocenters. The molecule has 0 aromatic rings. The topological polar surface area (TPSA) is 78.9 Å². The molecule has 0 heterocycles. The molecule has 3 unspecified atom stereocenters. The van der Waals surface area contributed by atoms with Crippen LogP contribution in [-0.2, 0) is 28.3 Å². The maximum Gasteiger partial charge on any atom is 0.870 e. The highest BCUT2D eigenvalue weighted by atomic mass is 16.8. The van der Waals surface area contributed by atoms with E-state index in [1.807, 2.05) is 20.8 Å². The van der Waals surface area contributed by atoms with Gasteiger partial charge in [-0.25, -0.2) is 0 Å². The first-order chi connectivity index (χ1) is 16.4. The first-order valence-electron chi connectivity index (χ1n) is 14.0. The number of carbonyl (C=O) groups is 3. The van der Waals surface area contributed by atoms with Crippen LogP contribution in [0.15, 0.2) is 0 Å². The molecule has 0 amide bonds. The van der Waals surface area contributed by atoms with Gasteiger partial charge in [0.25, 0.3) is 17.9 Å². The van der Waals surface area contributed by atoms with Crippen LogP contribution in [0.3, 0.4) is 0 Å². The Labute approximate surface area is 209 Å². The minimum atomic E-state index is -1.62. The van der Waals surface area contributed by atoms with Crippen molar-refractivity contribution in [2.24, 2.45) is 17.8 Å². The molecule has 6 nitrogen and oxygen atoms in total. The van der Waals surface area contributed by atoms with Gasteiger partial charge >= 0.3 is 7.32 Å². The fourth-order valence-electron chi connectivity index (χ4n) is 4.18. The summed E-state index contributed by atoms with van der Waals surface area (Å²) in [5.41, 5.74) is 0. The number of carbonyl (C=O) groups excluding carboxylic acids is 3. The molecule has 0 aromatic heterocycles. The normalized spacial score (nSPS) is 13.6. The van der Waals surface area contributed by atoms with Gasteiger partial charge in [-0.05, 0) is 38.5 Å². The third-order valence-corrected chi connectivity index (χ3v) is 6.27. The van der Waals surface area contributed by atoms with Gasteiger partial charge in [-0.1, -0.05) is 99.3 Å². The minimum Gasteiger partial charge on any atom is -0.462 e. The standard InChI is InChI=1S/C27H51BO6/c1-7-13-19-22(16-10-4)25(29)32-28(33-26(30)23(17-11-5)20-14-8-2)34-27(31)24(18-12-6)21-15-9-3/h22-24H,7-21H2,1-6H3. The lowest BCUT2D eigenvalue weighted by Gasteiger charge is -2.22. The van der Waals surface area contributed by atoms with Gasteiger partial charge in [0.15, 0.2) is 0 Å². The first-order valence-corrected chi connectivity index (χ1v) is 14.0. The van der Waals surface area contributed by atoms with Gasteiger partial charge in [0, 0.05) is 0 Å². The average molecular weight is 483 g/mol. The lowest BCUT2D eigenvalue weighted by atomic mass is 9.95. The highest BCUT2D eigenvalue weighted by Crippen LogP contribution is 2.22. The first kappa shape index (κ1) is 32.5. The Morgan fingerprint density at radius 3 is 0.941 bits per heavy atom. The second kappa shape index (κ2) is 20.8. The molecule has 0 fully saturated rings. The van der Waals surface area contributed by atoms with Crippen LogP contribution in [0.5, 0.6) is 0 Å². The molecule has 0 aliphatic rings. The number of hydrogen-bond donors (Lipinski definition) is 0. The van der Waals surface area contributed by atoms with Crippen molar-refractivity contribution in [3.8, 4) is 0 Å². The van der Waals surface area contributed by atoms with Gasteiger partial charge in [0.2, 0.25) is 0 Å². The lowest BCUT2D eigenvalue weighted by molar-refractivity contribution is -0.153. The van der Waals surface area contributed by atoms with Crippen molar-refractivity contribution < 1.29 is 28.3 Å². The molecule has 0 radical (unpaired) electrons. The fourth-order valence-corrected chi connectivity index (χ4v) is 4.18. The predicted molar refractivity (Wildman–Crippen MR) is 138 cm³/mol. The quantitative estimate of drug-likeness (QED) is 0.158. The van der Waals surface area contributed by atoms with E-state index in [4.69, 9.17) is 14.0 Å². The van der Waals surface area contributed by atoms with E-state index in [0.717, 1.165) is 57.8 Å². The fraction of sp³-hybridized carbons (Fsp3) is 0.889. The van der Waals surface area contributed by atoms with Crippen LogP contribution in [0.4, 0.5) is 0 Å². The van der Waals surface area contributed by atoms with Crippen LogP contribution in [-0.4, -0.2) is 25.2 Å². The smallest absolute Gasteiger partial charge is 0.462 e. The van der Waals surface area contributed by atoms with E-state index in [1.54, 1.807) is 0 Å².